The third-order valence-corrected chi connectivity index (χ3v) is 20.1. The van der Waals surface area contributed by atoms with Crippen LogP contribution in [0.15, 0.2) is 59.7 Å². The van der Waals surface area contributed by atoms with Gasteiger partial charge in [-0.2, -0.15) is 0 Å². The molecule has 0 radical (unpaired) electrons. The van der Waals surface area contributed by atoms with E-state index in [9.17, 15) is 38.3 Å². The third-order valence-electron chi connectivity index (χ3n) is 14.8. The van der Waals surface area contributed by atoms with Crippen molar-refractivity contribution in [3.8, 4) is 28.7 Å². The zero-order valence-corrected chi connectivity index (χ0v) is 53.8. The predicted molar refractivity (Wildman–Crippen MR) is 323 cm³/mol. The molecule has 22 heteroatoms. The molecule has 0 saturated heterocycles. The molecule has 456 valence electrons. The van der Waals surface area contributed by atoms with Gasteiger partial charge in [0, 0.05) is 56.5 Å². The number of nitrogens with zero attached hydrogens (tertiary/aromatic N) is 1. The number of rotatable bonds is 22. The molecule has 84 heavy (non-hydrogen) atoms. The first-order chi connectivity index (χ1) is 39.4. The van der Waals surface area contributed by atoms with Gasteiger partial charge in [0.1, 0.15) is 64.7 Å². The number of amides is 1. The Morgan fingerprint density at radius 2 is 1.39 bits per heavy atom. The Balaban J connectivity index is 0.000000243. The number of phenols is 1. The van der Waals surface area contributed by atoms with Gasteiger partial charge in [-0.15, -0.1) is 0 Å². The Hall–Kier alpha value is -6.40. The largest absolute Gasteiger partial charge is 0.507 e. The van der Waals surface area contributed by atoms with Crippen LogP contribution in [0.2, 0.25) is 25.7 Å². The van der Waals surface area contributed by atoms with E-state index in [4.69, 9.17) is 37.5 Å². The molecule has 0 aromatic heterocycles. The van der Waals surface area contributed by atoms with E-state index >= 15 is 0 Å². The molecule has 4 heterocycles. The summed E-state index contributed by atoms with van der Waals surface area (Å²) >= 11 is 0. The normalized spacial score (nSPS) is 16.4. The molecule has 1 amide bonds. The maximum Gasteiger partial charge on any atom is 0.410 e. The number of esters is 3. The van der Waals surface area contributed by atoms with Crippen molar-refractivity contribution >= 4 is 47.2 Å². The number of carbonyl (C=O) groups excluding carboxylic acids is 4. The molecule has 2 unspecified atom stereocenters. The molecule has 0 saturated carbocycles. The van der Waals surface area contributed by atoms with Crippen LogP contribution < -0.4 is 28.9 Å². The summed E-state index contributed by atoms with van der Waals surface area (Å²) in [6, 6.07) is 10.8. The first kappa shape index (κ1) is 65.1. The van der Waals surface area contributed by atoms with Crippen molar-refractivity contribution in [3.63, 3.8) is 0 Å². The van der Waals surface area contributed by atoms with Crippen molar-refractivity contribution < 1.29 is 75.8 Å². The minimum Gasteiger partial charge on any atom is -0.507 e. The molecular formula is C62H83N3O16P2Si. The van der Waals surface area contributed by atoms with E-state index in [0.29, 0.717) is 77.7 Å². The fourth-order valence-corrected chi connectivity index (χ4v) is 14.7. The van der Waals surface area contributed by atoms with Gasteiger partial charge in [0.25, 0.3) is 0 Å². The summed E-state index contributed by atoms with van der Waals surface area (Å²) in [5, 5.41) is 17.0. The fourth-order valence-electron chi connectivity index (χ4n) is 10.6. The summed E-state index contributed by atoms with van der Waals surface area (Å²) in [5.41, 5.74) is 11.2. The van der Waals surface area contributed by atoms with E-state index in [-0.39, 0.29) is 61.6 Å². The summed E-state index contributed by atoms with van der Waals surface area (Å²) in [4.78, 5) is 62.3. The molecule has 8 rings (SSSR count). The van der Waals surface area contributed by atoms with Crippen LogP contribution in [0.3, 0.4) is 0 Å². The molecule has 0 bridgehead atoms. The Bertz CT molecular complexity index is 3360. The van der Waals surface area contributed by atoms with Crippen molar-refractivity contribution in [1.82, 2.24) is 15.3 Å². The standard InChI is InChI=1S/C34H48NO8PSi.C28H35N2O8P/c1-10-27-23(3)29-20-41-32(36)30(29)31(40-15-16-45(7,8)9)28(27)14-11-22(2)21-44(38,39)43-26-13-12-24-18-35(19-25(24)17-26)33(37)42-34(4,5)6;1-6-36-27(32)18(4)30-39(34,38-21-9-8-19-12-29-13-20(19)11-21)15-16(2)7-10-22-25(31)24-23(14-37-28(24)33)17(3)26(22)35-5/h11-13,17H,10,14-16,18-21H2,1-9H3,(H,38,39);7-9,11,18,29,31H,6,10,12-15H2,1-5H3,(H,30,34)/b22-11+;16-7+/t;18-,39?/m.0/s1. The lowest BCUT2D eigenvalue weighted by molar-refractivity contribution is -0.144. The molecule has 4 aliphatic rings. The van der Waals surface area contributed by atoms with Crippen LogP contribution in [0, 0.1) is 13.8 Å². The van der Waals surface area contributed by atoms with E-state index in [2.05, 4.69) is 37.0 Å². The van der Waals surface area contributed by atoms with Crippen LogP contribution in [0.5, 0.6) is 28.7 Å². The maximum atomic E-state index is 14.1. The predicted octanol–water partition coefficient (Wildman–Crippen LogP) is 12.2. The molecule has 4 aromatic carbocycles. The number of nitrogens with one attached hydrogen (secondary N) is 2. The monoisotopic (exact) mass is 1220 g/mol. The zero-order chi connectivity index (χ0) is 61.6. The second-order valence-electron chi connectivity index (χ2n) is 24.0. The van der Waals surface area contributed by atoms with Crippen LogP contribution in [0.1, 0.15) is 137 Å². The molecule has 4 N–H and O–H groups in total. The van der Waals surface area contributed by atoms with Gasteiger partial charge in [0.05, 0.1) is 32.6 Å². The summed E-state index contributed by atoms with van der Waals surface area (Å²) in [6.45, 7) is 28.4. The molecule has 3 atom stereocenters. The van der Waals surface area contributed by atoms with Gasteiger partial charge >= 0.3 is 39.1 Å². The van der Waals surface area contributed by atoms with Crippen molar-refractivity contribution in [2.24, 2.45) is 0 Å². The second kappa shape index (κ2) is 26.9. The minimum absolute atomic E-state index is 0.0128. The third kappa shape index (κ3) is 16.1. The van der Waals surface area contributed by atoms with Gasteiger partial charge < -0.3 is 52.8 Å². The topological polar surface area (TPSA) is 244 Å². The first-order valence-electron chi connectivity index (χ1n) is 28.5. The van der Waals surface area contributed by atoms with Gasteiger partial charge in [-0.1, -0.05) is 62.0 Å². The van der Waals surface area contributed by atoms with Crippen LogP contribution in [-0.2, 0) is 91.5 Å². The fraction of sp³-hybridized carbons (Fsp3) is 0.484. The highest BCUT2D eigenvalue weighted by Gasteiger charge is 2.36. The Morgan fingerprint density at radius 1 is 0.810 bits per heavy atom. The van der Waals surface area contributed by atoms with Gasteiger partial charge in [0.2, 0.25) is 0 Å². The molecule has 0 aliphatic carbocycles. The molecule has 4 aliphatic heterocycles. The number of methoxy groups -OCH3 is 1. The second-order valence-corrected chi connectivity index (χ2v) is 33.5. The van der Waals surface area contributed by atoms with Crippen LogP contribution in [-0.4, -0.2) is 91.3 Å². The van der Waals surface area contributed by atoms with Crippen molar-refractivity contribution in [2.75, 3.05) is 32.6 Å². The number of ether oxygens (including phenoxy) is 6. The zero-order valence-electron chi connectivity index (χ0n) is 51.0. The van der Waals surface area contributed by atoms with E-state index in [1.807, 2.05) is 58.9 Å². The van der Waals surface area contributed by atoms with Crippen molar-refractivity contribution in [1.29, 1.82) is 0 Å². The number of fused-ring (bicyclic) bond motifs is 4. The van der Waals surface area contributed by atoms with Gasteiger partial charge in [-0.3, -0.25) is 14.3 Å². The molecule has 0 spiro atoms. The van der Waals surface area contributed by atoms with E-state index in [0.717, 1.165) is 69.1 Å². The number of carbonyl (C=O) groups is 4. The highest BCUT2D eigenvalue weighted by molar-refractivity contribution is 7.57. The lowest BCUT2D eigenvalue weighted by Gasteiger charge is -2.24. The summed E-state index contributed by atoms with van der Waals surface area (Å²) in [6.07, 6.45) is 4.54. The quantitative estimate of drug-likeness (QED) is 0.0188. The van der Waals surface area contributed by atoms with Gasteiger partial charge in [-0.05, 0) is 151 Å². The Kier molecular flexibility index (Phi) is 20.9. The summed E-state index contributed by atoms with van der Waals surface area (Å²) < 4.78 is 72.1. The average Bonchev–Trinajstić information content (AvgIpc) is 1.90. The molecule has 19 nitrogen and oxygen atoms in total. The van der Waals surface area contributed by atoms with Crippen molar-refractivity contribution in [2.45, 2.75) is 165 Å². The van der Waals surface area contributed by atoms with E-state index < -0.39 is 52.9 Å². The van der Waals surface area contributed by atoms with E-state index in [1.54, 1.807) is 56.9 Å². The van der Waals surface area contributed by atoms with Crippen LogP contribution in [0.4, 0.5) is 4.79 Å². The van der Waals surface area contributed by atoms with Gasteiger partial charge in [-0.25, -0.2) is 24.0 Å². The Morgan fingerprint density at radius 3 is 2.02 bits per heavy atom. The lowest BCUT2D eigenvalue weighted by Crippen LogP contribution is -2.35. The number of benzene rings is 4. The maximum absolute atomic E-state index is 14.1. The summed E-state index contributed by atoms with van der Waals surface area (Å²) in [5.74, 6) is 0.109. The van der Waals surface area contributed by atoms with Crippen LogP contribution >= 0.6 is 15.1 Å². The SMILES string of the molecule is CCOC(=O)[C@H](C)NP(=O)(C/C(C)=C/Cc1c(O)c2c(c(C)c1OC)COC2=O)Oc1ccc2c(c1)CNC2.CCc1c(C)c2c(c(OCC[Si](C)(C)C)c1C/C=C(\C)CP(=O)(O)Oc1ccc3c(c1)CN(C(=O)OC(C)(C)C)C3)C(=O)OC2. The van der Waals surface area contributed by atoms with Crippen molar-refractivity contribution in [3.05, 3.63) is 132 Å². The number of aromatic hydroxyl groups is 1. The summed E-state index contributed by atoms with van der Waals surface area (Å²) in [7, 11) is -7.57. The highest BCUT2D eigenvalue weighted by Crippen LogP contribution is 2.48. The van der Waals surface area contributed by atoms with E-state index in [1.165, 1.54) is 7.11 Å². The van der Waals surface area contributed by atoms with Crippen LogP contribution in [0.25, 0.3) is 0 Å². The number of phenolic OH excluding ortho intramolecular Hbond substituents is 1. The molecule has 0 fully saturated rings. The highest BCUT2D eigenvalue weighted by atomic mass is 31.2. The lowest BCUT2D eigenvalue weighted by atomic mass is 9.89. The smallest absolute Gasteiger partial charge is 0.410 e. The number of hydrogen-bond donors (Lipinski definition) is 4. The minimum atomic E-state index is -4.05. The average molecular weight is 1220 g/mol. The number of cyclic esters (lactones) is 2. The molecular weight excluding hydrogens is 1130 g/mol. The molecule has 4 aromatic rings. The number of hydrogen-bond acceptors (Lipinski definition) is 16. The Labute approximate surface area is 494 Å². The van der Waals surface area contributed by atoms with Gasteiger partial charge in [0.15, 0.2) is 0 Å². The first-order valence-corrected chi connectivity index (χ1v) is 35.8. The number of allylic oxidation sites excluding steroid dienone is 4.